The number of fused-ring (bicyclic) bond motifs is 1. The molecule has 2 aromatic heterocycles. The fourth-order valence-electron chi connectivity index (χ4n) is 3.13. The van der Waals surface area contributed by atoms with E-state index in [1.54, 1.807) is 6.07 Å². The van der Waals surface area contributed by atoms with Gasteiger partial charge in [0.15, 0.2) is 5.65 Å². The summed E-state index contributed by atoms with van der Waals surface area (Å²) in [6.45, 7) is 2.83. The van der Waals surface area contributed by atoms with Crippen molar-refractivity contribution in [3.05, 3.63) is 47.7 Å². The average molecular weight is 321 g/mol. The van der Waals surface area contributed by atoms with Gasteiger partial charge in [0.25, 0.3) is 0 Å². The van der Waals surface area contributed by atoms with Crippen LogP contribution in [0.2, 0.25) is 0 Å². The smallest absolute Gasteiger partial charge is 0.336 e. The largest absolute Gasteiger partial charge is 0.478 e. The molecule has 0 spiro atoms. The third-order valence-corrected chi connectivity index (χ3v) is 4.43. The van der Waals surface area contributed by atoms with Gasteiger partial charge < -0.3 is 5.11 Å². The Morgan fingerprint density at radius 2 is 2.04 bits per heavy atom. The van der Waals surface area contributed by atoms with E-state index in [1.165, 1.54) is 0 Å². The Labute approximate surface area is 140 Å². The Kier molecular flexibility index (Phi) is 3.56. The Hall–Kier alpha value is -2.69. The van der Waals surface area contributed by atoms with Gasteiger partial charge in [0.1, 0.15) is 0 Å². The van der Waals surface area contributed by atoms with E-state index in [0.29, 0.717) is 22.8 Å². The number of carbonyl (C=O) groups is 1. The van der Waals surface area contributed by atoms with Gasteiger partial charge in [-0.15, -0.1) is 0 Å². The molecule has 2 heterocycles. The van der Waals surface area contributed by atoms with Gasteiger partial charge in [0, 0.05) is 18.0 Å². The van der Waals surface area contributed by atoms with Crippen molar-refractivity contribution in [1.82, 2.24) is 14.8 Å². The fourth-order valence-corrected chi connectivity index (χ4v) is 3.13. The van der Waals surface area contributed by atoms with Gasteiger partial charge in [-0.3, -0.25) is 0 Å². The van der Waals surface area contributed by atoms with Crippen molar-refractivity contribution in [2.75, 3.05) is 0 Å². The van der Waals surface area contributed by atoms with Crippen LogP contribution in [0.5, 0.6) is 0 Å². The molecule has 1 aromatic carbocycles. The lowest BCUT2D eigenvalue weighted by molar-refractivity contribution is 0.0699. The van der Waals surface area contributed by atoms with Crippen molar-refractivity contribution in [1.29, 1.82) is 0 Å². The summed E-state index contributed by atoms with van der Waals surface area (Å²) >= 11 is 0. The number of carboxylic acid groups (broad SMARTS) is 1. The van der Waals surface area contributed by atoms with Crippen LogP contribution in [0.25, 0.3) is 22.3 Å². The summed E-state index contributed by atoms with van der Waals surface area (Å²) in [6.07, 6.45) is 3.09. The van der Waals surface area contributed by atoms with Crippen LogP contribution < -0.4 is 0 Å². The monoisotopic (exact) mass is 321 g/mol. The van der Waals surface area contributed by atoms with E-state index >= 15 is 0 Å². The lowest BCUT2D eigenvalue weighted by Crippen LogP contribution is -2.03. The number of hydrogen-bond donors (Lipinski definition) is 1. The maximum absolute atomic E-state index is 11.9. The highest BCUT2D eigenvalue weighted by molar-refractivity contribution is 6.04. The molecule has 0 amide bonds. The number of aromatic nitrogens is 3. The average Bonchev–Trinajstić information content (AvgIpc) is 3.38. The van der Waals surface area contributed by atoms with Crippen molar-refractivity contribution >= 4 is 17.0 Å². The molecule has 0 radical (unpaired) electrons. The molecule has 24 heavy (non-hydrogen) atoms. The van der Waals surface area contributed by atoms with Gasteiger partial charge in [-0.25, -0.2) is 14.5 Å². The summed E-state index contributed by atoms with van der Waals surface area (Å²) in [4.78, 5) is 16.7. The number of aromatic carboxylic acids is 1. The lowest BCUT2D eigenvalue weighted by atomic mass is 10.0. The van der Waals surface area contributed by atoms with Crippen molar-refractivity contribution in [2.45, 2.75) is 38.6 Å². The molecular formula is C19H19N3O2. The summed E-state index contributed by atoms with van der Waals surface area (Å²) in [6, 6.07) is 11.4. The molecule has 5 heteroatoms. The van der Waals surface area contributed by atoms with E-state index in [2.05, 4.69) is 6.92 Å². The molecule has 4 rings (SSSR count). The van der Waals surface area contributed by atoms with Crippen LogP contribution in [-0.4, -0.2) is 25.8 Å². The first kappa shape index (κ1) is 14.9. The van der Waals surface area contributed by atoms with Crippen LogP contribution in [0.3, 0.4) is 0 Å². The van der Waals surface area contributed by atoms with Gasteiger partial charge in [-0.2, -0.15) is 5.10 Å². The molecule has 0 saturated heterocycles. The zero-order valence-corrected chi connectivity index (χ0v) is 13.6. The van der Waals surface area contributed by atoms with Crippen LogP contribution in [0.1, 0.15) is 48.2 Å². The minimum atomic E-state index is -0.919. The predicted octanol–water partition coefficient (Wildman–Crippen LogP) is 4.08. The second-order valence-corrected chi connectivity index (χ2v) is 6.31. The van der Waals surface area contributed by atoms with E-state index in [9.17, 15) is 9.90 Å². The van der Waals surface area contributed by atoms with Crippen LogP contribution in [0, 0.1) is 0 Å². The molecule has 1 aliphatic carbocycles. The first-order valence-corrected chi connectivity index (χ1v) is 8.39. The molecule has 3 aromatic rings. The van der Waals surface area contributed by atoms with Crippen molar-refractivity contribution in [3.8, 4) is 11.3 Å². The summed E-state index contributed by atoms with van der Waals surface area (Å²) < 4.78 is 1.88. The quantitative estimate of drug-likeness (QED) is 0.768. The van der Waals surface area contributed by atoms with Gasteiger partial charge in [-0.1, -0.05) is 37.3 Å². The topological polar surface area (TPSA) is 68.0 Å². The van der Waals surface area contributed by atoms with E-state index in [4.69, 9.17) is 10.1 Å². The number of rotatable bonds is 5. The molecule has 0 atom stereocenters. The Morgan fingerprint density at radius 3 is 2.67 bits per heavy atom. The first-order valence-electron chi connectivity index (χ1n) is 8.39. The summed E-state index contributed by atoms with van der Waals surface area (Å²) in [5, 5.41) is 15.2. The zero-order chi connectivity index (χ0) is 16.7. The van der Waals surface area contributed by atoms with Crippen LogP contribution >= 0.6 is 0 Å². The minimum absolute atomic E-state index is 0.308. The predicted molar refractivity (Wildman–Crippen MR) is 92.2 cm³/mol. The molecule has 1 N–H and O–H groups in total. The fraction of sp³-hybridized carbons (Fsp3) is 0.316. The van der Waals surface area contributed by atoms with E-state index in [-0.39, 0.29) is 0 Å². The third kappa shape index (κ3) is 2.46. The number of hydrogen-bond acceptors (Lipinski definition) is 3. The molecule has 0 aliphatic heterocycles. The molecule has 1 fully saturated rings. The van der Waals surface area contributed by atoms with E-state index in [1.807, 2.05) is 35.0 Å². The Bertz CT molecular complexity index is 911. The second-order valence-electron chi connectivity index (χ2n) is 6.31. The SMILES string of the molecule is CCCn1nc(C2CC2)c2c(C(=O)O)cc(-c3ccccc3)nc21. The third-order valence-electron chi connectivity index (χ3n) is 4.43. The Morgan fingerprint density at radius 1 is 1.29 bits per heavy atom. The highest BCUT2D eigenvalue weighted by atomic mass is 16.4. The number of pyridine rings is 1. The highest BCUT2D eigenvalue weighted by Gasteiger charge is 2.32. The van der Waals surface area contributed by atoms with Crippen LogP contribution in [0.4, 0.5) is 0 Å². The normalized spacial score (nSPS) is 14.2. The highest BCUT2D eigenvalue weighted by Crippen LogP contribution is 2.43. The number of carboxylic acids is 1. The summed E-state index contributed by atoms with van der Waals surface area (Å²) in [5.41, 5.74) is 3.50. The number of benzene rings is 1. The van der Waals surface area contributed by atoms with Crippen LogP contribution in [-0.2, 0) is 6.54 Å². The standard InChI is InChI=1S/C19H19N3O2/c1-2-10-22-18-16(17(21-22)13-8-9-13)14(19(23)24)11-15(20-18)12-6-4-3-5-7-12/h3-7,11,13H,2,8-10H2,1H3,(H,23,24). The minimum Gasteiger partial charge on any atom is -0.478 e. The molecular weight excluding hydrogens is 302 g/mol. The number of nitrogens with zero attached hydrogens (tertiary/aromatic N) is 3. The van der Waals surface area contributed by atoms with Crippen molar-refractivity contribution in [3.63, 3.8) is 0 Å². The molecule has 122 valence electrons. The second kappa shape index (κ2) is 5.74. The van der Waals surface area contributed by atoms with Gasteiger partial charge in [0.2, 0.25) is 0 Å². The molecule has 5 nitrogen and oxygen atoms in total. The lowest BCUT2D eigenvalue weighted by Gasteiger charge is -2.06. The molecule has 1 aliphatic rings. The van der Waals surface area contributed by atoms with E-state index in [0.717, 1.165) is 42.5 Å². The van der Waals surface area contributed by atoms with Gasteiger partial charge in [0.05, 0.1) is 22.3 Å². The van der Waals surface area contributed by atoms with Crippen molar-refractivity contribution in [2.24, 2.45) is 0 Å². The molecule has 0 unspecified atom stereocenters. The van der Waals surface area contributed by atoms with Crippen molar-refractivity contribution < 1.29 is 9.90 Å². The summed E-state index contributed by atoms with van der Waals surface area (Å²) in [7, 11) is 0. The maximum Gasteiger partial charge on any atom is 0.336 e. The van der Waals surface area contributed by atoms with Gasteiger partial charge >= 0.3 is 5.97 Å². The maximum atomic E-state index is 11.9. The zero-order valence-electron chi connectivity index (χ0n) is 13.6. The molecule has 0 bridgehead atoms. The Balaban J connectivity index is 2.01. The summed E-state index contributed by atoms with van der Waals surface area (Å²) in [5.74, 6) is -0.536. The molecule has 1 saturated carbocycles. The van der Waals surface area contributed by atoms with Gasteiger partial charge in [-0.05, 0) is 25.3 Å². The van der Waals surface area contributed by atoms with E-state index < -0.39 is 5.97 Å². The first-order chi connectivity index (χ1) is 11.7. The van der Waals surface area contributed by atoms with Crippen LogP contribution in [0.15, 0.2) is 36.4 Å². The number of aryl methyl sites for hydroxylation is 1.